The molecule has 1 fully saturated rings. The van der Waals surface area contributed by atoms with Crippen LogP contribution >= 0.6 is 0 Å². The molecule has 0 bridgehead atoms. The Labute approximate surface area is 83.1 Å². The van der Waals surface area contributed by atoms with E-state index in [2.05, 4.69) is 26.5 Å². The third kappa shape index (κ3) is 4.10. The fourth-order valence-corrected chi connectivity index (χ4v) is 2.50. The van der Waals surface area contributed by atoms with Crippen molar-refractivity contribution >= 4 is 0 Å². The van der Waals surface area contributed by atoms with Crippen molar-refractivity contribution in [2.24, 2.45) is 22.3 Å². The Morgan fingerprint density at radius 3 is 1.92 bits per heavy atom. The van der Waals surface area contributed by atoms with Gasteiger partial charge in [0.25, 0.3) is 0 Å². The molecular formula is C11H26N2. The highest BCUT2D eigenvalue weighted by atomic mass is 14.6. The highest BCUT2D eigenvalue weighted by Gasteiger charge is 2.35. The van der Waals surface area contributed by atoms with Crippen LogP contribution in [0.3, 0.4) is 0 Å². The molecule has 0 aliphatic heterocycles. The number of nitrogens with two attached hydrogens (primary N) is 2. The molecule has 0 heterocycles. The minimum absolute atomic E-state index is 0.432. The topological polar surface area (TPSA) is 52.0 Å². The van der Waals surface area contributed by atoms with Gasteiger partial charge in [-0.25, -0.2) is 0 Å². The predicted molar refractivity (Wildman–Crippen MR) is 59.5 cm³/mol. The van der Waals surface area contributed by atoms with Crippen LogP contribution in [0, 0.1) is 10.8 Å². The SMILES string of the molecule is CC1(C)CCCC(C)(CN)C1.CN. The first kappa shape index (κ1) is 12.9. The Morgan fingerprint density at radius 2 is 1.62 bits per heavy atom. The smallest absolute Gasteiger partial charge is 0.00230 e. The largest absolute Gasteiger partial charge is 0.333 e. The summed E-state index contributed by atoms with van der Waals surface area (Å²) in [5, 5.41) is 0. The summed E-state index contributed by atoms with van der Waals surface area (Å²) in [4.78, 5) is 0. The molecule has 1 rings (SSSR count). The summed E-state index contributed by atoms with van der Waals surface area (Å²) in [6.07, 6.45) is 5.37. The third-order valence-corrected chi connectivity index (χ3v) is 3.03. The van der Waals surface area contributed by atoms with Crippen LogP contribution in [0.5, 0.6) is 0 Å². The lowest BCUT2D eigenvalue weighted by atomic mass is 9.64. The molecule has 0 saturated heterocycles. The van der Waals surface area contributed by atoms with Crippen LogP contribution < -0.4 is 11.5 Å². The molecule has 0 aromatic rings. The van der Waals surface area contributed by atoms with Gasteiger partial charge in [-0.15, -0.1) is 0 Å². The zero-order valence-electron chi connectivity index (χ0n) is 9.69. The van der Waals surface area contributed by atoms with Gasteiger partial charge in [0, 0.05) is 0 Å². The van der Waals surface area contributed by atoms with E-state index < -0.39 is 0 Å². The van der Waals surface area contributed by atoms with Gasteiger partial charge in [0.05, 0.1) is 0 Å². The molecule has 13 heavy (non-hydrogen) atoms. The zero-order chi connectivity index (χ0) is 10.5. The normalized spacial score (nSPS) is 31.8. The molecular weight excluding hydrogens is 160 g/mol. The highest BCUT2D eigenvalue weighted by molar-refractivity contribution is 4.87. The van der Waals surface area contributed by atoms with Crippen LogP contribution in [-0.2, 0) is 0 Å². The molecule has 0 radical (unpaired) electrons. The maximum Gasteiger partial charge on any atom is -0.00230 e. The quantitative estimate of drug-likeness (QED) is 0.659. The Balaban J connectivity index is 0.000000671. The van der Waals surface area contributed by atoms with Crippen molar-refractivity contribution in [3.8, 4) is 0 Å². The van der Waals surface area contributed by atoms with Crippen LogP contribution in [0.1, 0.15) is 46.5 Å². The van der Waals surface area contributed by atoms with E-state index in [0.29, 0.717) is 10.8 Å². The average Bonchev–Trinajstić information content (AvgIpc) is 2.06. The van der Waals surface area contributed by atoms with Crippen molar-refractivity contribution in [2.45, 2.75) is 46.5 Å². The van der Waals surface area contributed by atoms with Gasteiger partial charge in [-0.2, -0.15) is 0 Å². The van der Waals surface area contributed by atoms with Crippen LogP contribution in [0.4, 0.5) is 0 Å². The standard InChI is InChI=1S/C10H21N.CH5N/c1-9(2)5-4-6-10(3,7-9)8-11;1-2/h4-8,11H2,1-3H3;2H2,1H3. The molecule has 1 aliphatic carbocycles. The second-order valence-corrected chi connectivity index (χ2v) is 5.21. The lowest BCUT2D eigenvalue weighted by Gasteiger charge is -2.42. The summed E-state index contributed by atoms with van der Waals surface area (Å²) in [6, 6.07) is 0. The molecule has 0 amide bonds. The van der Waals surface area contributed by atoms with E-state index in [1.165, 1.54) is 32.7 Å². The maximum absolute atomic E-state index is 5.76. The van der Waals surface area contributed by atoms with Crippen molar-refractivity contribution in [3.05, 3.63) is 0 Å². The van der Waals surface area contributed by atoms with E-state index in [-0.39, 0.29) is 0 Å². The predicted octanol–water partition coefficient (Wildman–Crippen LogP) is 2.13. The Hall–Kier alpha value is -0.0800. The Kier molecular flexibility index (Phi) is 4.93. The van der Waals surface area contributed by atoms with E-state index in [1.807, 2.05) is 0 Å². The van der Waals surface area contributed by atoms with Crippen LogP contribution in [0.15, 0.2) is 0 Å². The second kappa shape index (κ2) is 4.97. The summed E-state index contributed by atoms with van der Waals surface area (Å²) in [5.41, 5.74) is 11.2. The van der Waals surface area contributed by atoms with Gasteiger partial charge in [-0.3, -0.25) is 0 Å². The molecule has 0 aromatic carbocycles. The lowest BCUT2D eigenvalue weighted by molar-refractivity contribution is 0.107. The Bertz CT molecular complexity index is 143. The van der Waals surface area contributed by atoms with E-state index in [0.717, 1.165) is 6.54 Å². The van der Waals surface area contributed by atoms with Crippen LogP contribution in [0.2, 0.25) is 0 Å². The minimum atomic E-state index is 0.432. The first-order valence-electron chi connectivity index (χ1n) is 5.25. The van der Waals surface area contributed by atoms with E-state index in [9.17, 15) is 0 Å². The monoisotopic (exact) mass is 186 g/mol. The molecule has 0 aromatic heterocycles. The molecule has 1 aliphatic rings. The van der Waals surface area contributed by atoms with E-state index >= 15 is 0 Å². The maximum atomic E-state index is 5.76. The fraction of sp³-hybridized carbons (Fsp3) is 1.00. The van der Waals surface area contributed by atoms with Gasteiger partial charge in [-0.05, 0) is 43.7 Å². The number of rotatable bonds is 1. The molecule has 2 heteroatoms. The average molecular weight is 186 g/mol. The first-order valence-corrected chi connectivity index (χ1v) is 5.25. The van der Waals surface area contributed by atoms with Gasteiger partial charge in [-0.1, -0.05) is 27.2 Å². The van der Waals surface area contributed by atoms with Gasteiger partial charge < -0.3 is 11.5 Å². The summed E-state index contributed by atoms with van der Waals surface area (Å²) >= 11 is 0. The van der Waals surface area contributed by atoms with Crippen molar-refractivity contribution in [3.63, 3.8) is 0 Å². The zero-order valence-corrected chi connectivity index (χ0v) is 9.69. The molecule has 1 atom stereocenters. The van der Waals surface area contributed by atoms with Crippen LogP contribution in [0.25, 0.3) is 0 Å². The van der Waals surface area contributed by atoms with E-state index in [4.69, 9.17) is 5.73 Å². The van der Waals surface area contributed by atoms with Crippen molar-refractivity contribution in [2.75, 3.05) is 13.6 Å². The third-order valence-electron chi connectivity index (χ3n) is 3.03. The summed E-state index contributed by atoms with van der Waals surface area (Å²) in [7, 11) is 1.50. The molecule has 0 spiro atoms. The first-order chi connectivity index (χ1) is 5.97. The lowest BCUT2D eigenvalue weighted by Crippen LogP contribution is -2.36. The number of hydrogen-bond donors (Lipinski definition) is 2. The van der Waals surface area contributed by atoms with Crippen molar-refractivity contribution < 1.29 is 0 Å². The number of hydrogen-bond acceptors (Lipinski definition) is 2. The van der Waals surface area contributed by atoms with Gasteiger partial charge >= 0.3 is 0 Å². The minimum Gasteiger partial charge on any atom is -0.333 e. The highest BCUT2D eigenvalue weighted by Crippen LogP contribution is 2.45. The Morgan fingerprint density at radius 1 is 1.08 bits per heavy atom. The van der Waals surface area contributed by atoms with E-state index in [1.54, 1.807) is 0 Å². The van der Waals surface area contributed by atoms with Crippen molar-refractivity contribution in [1.82, 2.24) is 0 Å². The summed E-state index contributed by atoms with van der Waals surface area (Å²) in [6.45, 7) is 7.91. The second-order valence-electron chi connectivity index (χ2n) is 5.21. The van der Waals surface area contributed by atoms with Gasteiger partial charge in [0.1, 0.15) is 0 Å². The molecule has 1 saturated carbocycles. The van der Waals surface area contributed by atoms with Crippen LogP contribution in [-0.4, -0.2) is 13.6 Å². The van der Waals surface area contributed by atoms with Crippen molar-refractivity contribution in [1.29, 1.82) is 0 Å². The molecule has 2 nitrogen and oxygen atoms in total. The molecule has 1 unspecified atom stereocenters. The summed E-state index contributed by atoms with van der Waals surface area (Å²) in [5.74, 6) is 0. The summed E-state index contributed by atoms with van der Waals surface area (Å²) < 4.78 is 0. The fourth-order valence-electron chi connectivity index (χ4n) is 2.50. The molecule has 4 N–H and O–H groups in total. The molecule has 80 valence electrons. The van der Waals surface area contributed by atoms with Gasteiger partial charge in [0.15, 0.2) is 0 Å². The van der Waals surface area contributed by atoms with Gasteiger partial charge in [0.2, 0.25) is 0 Å².